The number of anilines is 2. The number of aromatic nitrogens is 4. The number of nitrogens with zero attached hydrogens (tertiary/aromatic N) is 5. The van der Waals surface area contributed by atoms with Crippen LogP contribution in [0.5, 0.6) is 5.75 Å². The SMILES string of the molecule is COC[C@@H]1CCCN1c1cc2c3c(N)ncnc3n(-c3c(C)ccc(O)c3C)c2nc1C. The summed E-state index contributed by atoms with van der Waals surface area (Å²) in [5.41, 5.74) is 12.5. The molecule has 0 saturated carbocycles. The topological polar surface area (TPSA) is 102 Å². The van der Waals surface area contributed by atoms with Gasteiger partial charge in [0.1, 0.15) is 23.5 Å². The van der Waals surface area contributed by atoms with Crippen LogP contribution in [0.25, 0.3) is 27.8 Å². The fourth-order valence-electron chi connectivity index (χ4n) is 5.04. The number of phenolic OH excluding ortho intramolecular Hbond substituents is 1. The number of aromatic hydroxyl groups is 1. The van der Waals surface area contributed by atoms with Crippen LogP contribution in [0, 0.1) is 20.8 Å². The van der Waals surface area contributed by atoms with E-state index in [-0.39, 0.29) is 5.75 Å². The second kappa shape index (κ2) is 7.63. The summed E-state index contributed by atoms with van der Waals surface area (Å²) in [7, 11) is 1.75. The molecule has 32 heavy (non-hydrogen) atoms. The van der Waals surface area contributed by atoms with Gasteiger partial charge in [0, 0.05) is 24.6 Å². The third-order valence-electron chi connectivity index (χ3n) is 6.59. The molecule has 1 atom stereocenters. The van der Waals surface area contributed by atoms with Crippen molar-refractivity contribution >= 4 is 33.6 Å². The van der Waals surface area contributed by atoms with Crippen LogP contribution in [-0.2, 0) is 4.74 Å². The number of methoxy groups -OCH3 is 1. The smallest absolute Gasteiger partial charge is 0.152 e. The molecule has 0 unspecified atom stereocenters. The van der Waals surface area contributed by atoms with Gasteiger partial charge in [-0.3, -0.25) is 4.57 Å². The van der Waals surface area contributed by atoms with Crippen LogP contribution in [0.15, 0.2) is 24.5 Å². The van der Waals surface area contributed by atoms with Gasteiger partial charge in [0.2, 0.25) is 0 Å². The molecule has 4 aromatic rings. The molecule has 0 bridgehead atoms. The zero-order valence-corrected chi connectivity index (χ0v) is 18.9. The van der Waals surface area contributed by atoms with Crippen LogP contribution in [0.4, 0.5) is 11.5 Å². The van der Waals surface area contributed by atoms with Crippen LogP contribution < -0.4 is 10.6 Å². The molecule has 1 aliphatic heterocycles. The predicted octanol–water partition coefficient (Wildman–Crippen LogP) is 3.80. The van der Waals surface area contributed by atoms with Gasteiger partial charge < -0.3 is 20.5 Å². The number of hydrogen-bond donors (Lipinski definition) is 2. The number of phenols is 1. The highest BCUT2D eigenvalue weighted by Gasteiger charge is 2.28. The van der Waals surface area contributed by atoms with Crippen molar-refractivity contribution in [2.75, 3.05) is 30.9 Å². The van der Waals surface area contributed by atoms with E-state index >= 15 is 0 Å². The first kappa shape index (κ1) is 20.5. The van der Waals surface area contributed by atoms with Crippen molar-refractivity contribution in [2.24, 2.45) is 0 Å². The van der Waals surface area contributed by atoms with E-state index in [9.17, 15) is 5.11 Å². The lowest BCUT2D eigenvalue weighted by Gasteiger charge is -2.27. The van der Waals surface area contributed by atoms with Crippen molar-refractivity contribution in [3.63, 3.8) is 0 Å². The van der Waals surface area contributed by atoms with Gasteiger partial charge in [-0.05, 0) is 51.3 Å². The minimum absolute atomic E-state index is 0.232. The second-order valence-electron chi connectivity index (χ2n) is 8.58. The number of nitrogens with two attached hydrogens (primary N) is 1. The Morgan fingerprint density at radius 1 is 1.19 bits per heavy atom. The molecule has 1 aliphatic rings. The Labute approximate surface area is 186 Å². The summed E-state index contributed by atoms with van der Waals surface area (Å²) in [6.07, 6.45) is 3.70. The Kier molecular flexibility index (Phi) is 4.89. The van der Waals surface area contributed by atoms with E-state index in [4.69, 9.17) is 15.5 Å². The highest BCUT2D eigenvalue weighted by atomic mass is 16.5. The summed E-state index contributed by atoms with van der Waals surface area (Å²) in [6, 6.07) is 6.11. The Balaban J connectivity index is 1.85. The maximum atomic E-state index is 10.4. The number of rotatable bonds is 4. The highest BCUT2D eigenvalue weighted by molar-refractivity contribution is 6.12. The largest absolute Gasteiger partial charge is 0.508 e. The standard InChI is InChI=1S/C24H28N6O2/c1-13-7-8-19(31)14(2)21(13)30-23-17(20-22(25)26-12-27-24(20)30)10-18(15(3)28-23)29-9-5-6-16(29)11-32-4/h7-8,10,12,16,31H,5-6,9,11H2,1-4H3,(H2,25,26,27)/t16-/m0/s1. The lowest BCUT2D eigenvalue weighted by molar-refractivity contribution is 0.181. The molecular formula is C24H28N6O2. The number of nitrogen functional groups attached to an aromatic ring is 1. The minimum Gasteiger partial charge on any atom is -0.508 e. The van der Waals surface area contributed by atoms with Gasteiger partial charge in [0.05, 0.1) is 35.1 Å². The third-order valence-corrected chi connectivity index (χ3v) is 6.59. The van der Waals surface area contributed by atoms with Crippen molar-refractivity contribution in [3.05, 3.63) is 41.3 Å². The zero-order chi connectivity index (χ0) is 22.6. The first-order valence-corrected chi connectivity index (χ1v) is 10.9. The van der Waals surface area contributed by atoms with Crippen LogP contribution in [0.1, 0.15) is 29.7 Å². The summed E-state index contributed by atoms with van der Waals surface area (Å²) >= 11 is 0. The molecule has 1 saturated heterocycles. The molecule has 4 heterocycles. The van der Waals surface area contributed by atoms with E-state index in [1.54, 1.807) is 13.2 Å². The quantitative estimate of drug-likeness (QED) is 0.506. The molecule has 3 aromatic heterocycles. The Hall–Kier alpha value is -3.39. The van der Waals surface area contributed by atoms with Crippen molar-refractivity contribution in [1.29, 1.82) is 0 Å². The first-order chi connectivity index (χ1) is 15.4. The molecule has 0 radical (unpaired) electrons. The highest BCUT2D eigenvalue weighted by Crippen LogP contribution is 2.39. The normalized spacial score (nSPS) is 16.5. The van der Waals surface area contributed by atoms with E-state index in [1.807, 2.05) is 31.4 Å². The summed E-state index contributed by atoms with van der Waals surface area (Å²) in [5, 5.41) is 12.1. The molecule has 1 fully saturated rings. The van der Waals surface area contributed by atoms with Gasteiger partial charge in [0.15, 0.2) is 5.65 Å². The molecule has 1 aromatic carbocycles. The van der Waals surface area contributed by atoms with E-state index < -0.39 is 0 Å². The fraction of sp³-hybridized carbons (Fsp3) is 0.375. The van der Waals surface area contributed by atoms with Crippen molar-refractivity contribution < 1.29 is 9.84 Å². The molecule has 3 N–H and O–H groups in total. The number of benzene rings is 1. The van der Waals surface area contributed by atoms with E-state index in [1.165, 1.54) is 6.33 Å². The van der Waals surface area contributed by atoms with E-state index in [0.29, 0.717) is 24.1 Å². The fourth-order valence-corrected chi connectivity index (χ4v) is 5.04. The number of ether oxygens (including phenoxy) is 1. The predicted molar refractivity (Wildman–Crippen MR) is 127 cm³/mol. The minimum atomic E-state index is 0.232. The summed E-state index contributed by atoms with van der Waals surface area (Å²) < 4.78 is 7.46. The Morgan fingerprint density at radius 2 is 2.00 bits per heavy atom. The average molecular weight is 433 g/mol. The van der Waals surface area contributed by atoms with E-state index in [0.717, 1.165) is 64.0 Å². The molecular weight excluding hydrogens is 404 g/mol. The van der Waals surface area contributed by atoms with Crippen molar-refractivity contribution in [3.8, 4) is 11.4 Å². The monoisotopic (exact) mass is 432 g/mol. The van der Waals surface area contributed by atoms with Crippen LogP contribution in [0.3, 0.4) is 0 Å². The van der Waals surface area contributed by atoms with Gasteiger partial charge in [-0.25, -0.2) is 15.0 Å². The summed E-state index contributed by atoms with van der Waals surface area (Å²) in [6.45, 7) is 7.62. The lowest BCUT2D eigenvalue weighted by atomic mass is 10.1. The number of fused-ring (bicyclic) bond motifs is 3. The maximum Gasteiger partial charge on any atom is 0.152 e. The van der Waals surface area contributed by atoms with Crippen LogP contribution >= 0.6 is 0 Å². The molecule has 0 spiro atoms. The second-order valence-corrected chi connectivity index (χ2v) is 8.58. The van der Waals surface area contributed by atoms with Gasteiger partial charge in [-0.15, -0.1) is 0 Å². The Bertz CT molecular complexity index is 1350. The van der Waals surface area contributed by atoms with Crippen LogP contribution in [-0.4, -0.2) is 50.9 Å². The van der Waals surface area contributed by atoms with Gasteiger partial charge in [-0.2, -0.15) is 0 Å². The number of aryl methyl sites for hydroxylation is 2. The summed E-state index contributed by atoms with van der Waals surface area (Å²) in [4.78, 5) is 16.3. The van der Waals surface area contributed by atoms with Crippen molar-refractivity contribution in [2.45, 2.75) is 39.7 Å². The Morgan fingerprint density at radius 3 is 2.78 bits per heavy atom. The van der Waals surface area contributed by atoms with Crippen molar-refractivity contribution in [1.82, 2.24) is 19.5 Å². The first-order valence-electron chi connectivity index (χ1n) is 10.9. The number of hydrogen-bond acceptors (Lipinski definition) is 7. The molecule has 5 rings (SSSR count). The van der Waals surface area contributed by atoms with Gasteiger partial charge in [-0.1, -0.05) is 6.07 Å². The molecule has 8 nitrogen and oxygen atoms in total. The molecule has 0 aliphatic carbocycles. The van der Waals surface area contributed by atoms with Gasteiger partial charge >= 0.3 is 0 Å². The van der Waals surface area contributed by atoms with Crippen LogP contribution in [0.2, 0.25) is 0 Å². The summed E-state index contributed by atoms with van der Waals surface area (Å²) in [5.74, 6) is 0.649. The third kappa shape index (κ3) is 2.97. The number of pyridine rings is 1. The molecule has 8 heteroatoms. The molecule has 0 amide bonds. The zero-order valence-electron chi connectivity index (χ0n) is 18.9. The lowest BCUT2D eigenvalue weighted by Crippen LogP contribution is -2.33. The average Bonchev–Trinajstić information content (AvgIpc) is 3.34. The maximum absolute atomic E-state index is 10.4. The van der Waals surface area contributed by atoms with E-state index in [2.05, 4.69) is 20.9 Å². The van der Waals surface area contributed by atoms with Gasteiger partial charge in [0.25, 0.3) is 0 Å². The molecule has 166 valence electrons.